The molecule has 0 saturated carbocycles. The number of aliphatic hydroxyl groups is 1. The molecule has 0 aromatic carbocycles. The average molecular weight is 144 g/mol. The molecule has 1 aromatic rings. The van der Waals surface area contributed by atoms with Crippen molar-refractivity contribution in [1.29, 1.82) is 0 Å². The van der Waals surface area contributed by atoms with Crippen LogP contribution in [0.4, 0.5) is 0 Å². The quantitative estimate of drug-likeness (QED) is 0.652. The number of rotatable bonds is 2. The lowest BCUT2D eigenvalue weighted by Crippen LogP contribution is -1.88. The molecule has 1 rings (SSSR count). The fourth-order valence-electron chi connectivity index (χ4n) is 0.534. The highest BCUT2D eigenvalue weighted by Gasteiger charge is 1.96. The molecule has 0 bridgehead atoms. The second-order valence-corrected chi connectivity index (χ2v) is 2.95. The predicted molar refractivity (Wildman–Crippen MR) is 35.4 cm³/mol. The van der Waals surface area contributed by atoms with E-state index in [9.17, 15) is 0 Å². The average Bonchev–Trinajstić information content (AvgIpc) is 2.17. The first-order valence-corrected chi connectivity index (χ1v) is 3.54. The Kier molecular flexibility index (Phi) is 2.13. The van der Waals surface area contributed by atoms with Gasteiger partial charge in [0.15, 0.2) is 0 Å². The maximum atomic E-state index is 8.47. The van der Waals surface area contributed by atoms with E-state index in [4.69, 9.17) is 5.11 Å². The third-order valence-electron chi connectivity index (χ3n) is 0.894. The van der Waals surface area contributed by atoms with Gasteiger partial charge >= 0.3 is 0 Å². The Balaban J connectivity index is 2.61. The van der Waals surface area contributed by atoms with Crippen molar-refractivity contribution in [2.75, 3.05) is 6.61 Å². The topological polar surface area (TPSA) is 46.0 Å². The van der Waals surface area contributed by atoms with E-state index in [1.54, 1.807) is 0 Å². The predicted octanol–water partition coefficient (Wildman–Crippen LogP) is 0.381. The van der Waals surface area contributed by atoms with E-state index in [0.717, 1.165) is 10.0 Å². The van der Waals surface area contributed by atoms with Crippen LogP contribution in [0.1, 0.15) is 10.0 Å². The van der Waals surface area contributed by atoms with Crippen molar-refractivity contribution in [3.8, 4) is 0 Å². The third-order valence-corrected chi connectivity index (χ3v) is 1.79. The molecular weight excluding hydrogens is 136 g/mol. The van der Waals surface area contributed by atoms with E-state index in [1.807, 2.05) is 6.92 Å². The van der Waals surface area contributed by atoms with E-state index in [0.29, 0.717) is 6.42 Å². The minimum Gasteiger partial charge on any atom is -0.396 e. The second kappa shape index (κ2) is 2.89. The molecule has 0 radical (unpaired) electrons. The van der Waals surface area contributed by atoms with Crippen LogP contribution in [0, 0.1) is 6.92 Å². The fourth-order valence-corrected chi connectivity index (χ4v) is 1.23. The first-order valence-electron chi connectivity index (χ1n) is 2.73. The summed E-state index contributed by atoms with van der Waals surface area (Å²) in [5, 5.41) is 17.9. The number of aliphatic hydroxyl groups excluding tert-OH is 1. The number of hydrogen-bond donors (Lipinski definition) is 1. The Morgan fingerprint density at radius 2 is 2.33 bits per heavy atom. The van der Waals surface area contributed by atoms with Crippen LogP contribution < -0.4 is 0 Å². The van der Waals surface area contributed by atoms with Crippen LogP contribution in [0.15, 0.2) is 0 Å². The minimum atomic E-state index is 0.161. The Morgan fingerprint density at radius 3 is 2.78 bits per heavy atom. The van der Waals surface area contributed by atoms with Gasteiger partial charge in [0.05, 0.1) is 0 Å². The lowest BCUT2D eigenvalue weighted by atomic mass is 10.5. The minimum absolute atomic E-state index is 0.161. The lowest BCUT2D eigenvalue weighted by Gasteiger charge is -1.82. The maximum Gasteiger partial charge on any atom is 0.119 e. The zero-order valence-corrected chi connectivity index (χ0v) is 5.98. The van der Waals surface area contributed by atoms with Crippen LogP contribution in [0.2, 0.25) is 0 Å². The normalized spacial score (nSPS) is 10.0. The van der Waals surface area contributed by atoms with Crippen LogP contribution in [0.5, 0.6) is 0 Å². The van der Waals surface area contributed by atoms with Crippen molar-refractivity contribution in [3.05, 3.63) is 10.0 Å². The summed E-state index contributed by atoms with van der Waals surface area (Å²) in [5.41, 5.74) is 0. The largest absolute Gasteiger partial charge is 0.396 e. The van der Waals surface area contributed by atoms with Crippen LogP contribution >= 0.6 is 11.3 Å². The highest BCUT2D eigenvalue weighted by molar-refractivity contribution is 7.11. The molecule has 0 fully saturated rings. The Labute approximate surface area is 57.4 Å². The van der Waals surface area contributed by atoms with E-state index < -0.39 is 0 Å². The molecule has 1 N–H and O–H groups in total. The summed E-state index contributed by atoms with van der Waals surface area (Å²) < 4.78 is 0. The van der Waals surface area contributed by atoms with Crippen LogP contribution in [0.25, 0.3) is 0 Å². The van der Waals surface area contributed by atoms with Crippen molar-refractivity contribution in [2.24, 2.45) is 0 Å². The lowest BCUT2D eigenvalue weighted by molar-refractivity contribution is 0.299. The molecule has 0 unspecified atom stereocenters. The fraction of sp³-hybridized carbons (Fsp3) is 0.600. The molecule has 9 heavy (non-hydrogen) atoms. The van der Waals surface area contributed by atoms with Gasteiger partial charge in [0.2, 0.25) is 0 Å². The molecule has 50 valence electrons. The van der Waals surface area contributed by atoms with Gasteiger partial charge in [0.1, 0.15) is 10.0 Å². The third kappa shape index (κ3) is 1.73. The van der Waals surface area contributed by atoms with Gasteiger partial charge in [-0.3, -0.25) is 0 Å². The van der Waals surface area contributed by atoms with Crippen molar-refractivity contribution in [3.63, 3.8) is 0 Å². The molecule has 1 aromatic heterocycles. The van der Waals surface area contributed by atoms with Crippen molar-refractivity contribution >= 4 is 11.3 Å². The van der Waals surface area contributed by atoms with Gasteiger partial charge in [-0.2, -0.15) is 0 Å². The van der Waals surface area contributed by atoms with Gasteiger partial charge in [-0.1, -0.05) is 0 Å². The number of aromatic nitrogens is 2. The van der Waals surface area contributed by atoms with E-state index in [-0.39, 0.29) is 6.61 Å². The zero-order chi connectivity index (χ0) is 6.69. The SMILES string of the molecule is Cc1nnc(CCO)s1. The summed E-state index contributed by atoms with van der Waals surface area (Å²) in [5.74, 6) is 0. The van der Waals surface area contributed by atoms with Gasteiger partial charge in [0.25, 0.3) is 0 Å². The Morgan fingerprint density at radius 1 is 1.56 bits per heavy atom. The van der Waals surface area contributed by atoms with Crippen LogP contribution in [-0.2, 0) is 6.42 Å². The van der Waals surface area contributed by atoms with E-state index in [2.05, 4.69) is 10.2 Å². The van der Waals surface area contributed by atoms with Gasteiger partial charge in [0, 0.05) is 13.0 Å². The summed E-state index contributed by atoms with van der Waals surface area (Å²) >= 11 is 1.53. The molecule has 0 atom stereocenters. The first-order chi connectivity index (χ1) is 4.33. The summed E-state index contributed by atoms with van der Waals surface area (Å²) in [7, 11) is 0. The van der Waals surface area contributed by atoms with Gasteiger partial charge in [-0.05, 0) is 6.92 Å². The summed E-state index contributed by atoms with van der Waals surface area (Å²) in [6.45, 7) is 2.06. The van der Waals surface area contributed by atoms with E-state index >= 15 is 0 Å². The highest BCUT2D eigenvalue weighted by atomic mass is 32.1. The standard InChI is InChI=1S/C5H8N2OS/c1-4-6-7-5(9-4)2-3-8/h8H,2-3H2,1H3. The highest BCUT2D eigenvalue weighted by Crippen LogP contribution is 2.07. The van der Waals surface area contributed by atoms with Crippen LogP contribution in [-0.4, -0.2) is 21.9 Å². The monoisotopic (exact) mass is 144 g/mol. The summed E-state index contributed by atoms with van der Waals surface area (Å²) in [6, 6.07) is 0. The molecule has 0 aliphatic carbocycles. The smallest absolute Gasteiger partial charge is 0.119 e. The number of aryl methyl sites for hydroxylation is 1. The molecule has 1 heterocycles. The van der Waals surface area contributed by atoms with Crippen LogP contribution in [0.3, 0.4) is 0 Å². The number of nitrogens with zero attached hydrogens (tertiary/aromatic N) is 2. The molecule has 0 saturated heterocycles. The van der Waals surface area contributed by atoms with Crippen molar-refractivity contribution in [1.82, 2.24) is 10.2 Å². The van der Waals surface area contributed by atoms with E-state index in [1.165, 1.54) is 11.3 Å². The maximum absolute atomic E-state index is 8.47. The molecule has 4 heteroatoms. The Bertz CT molecular complexity index is 187. The molecule has 0 amide bonds. The zero-order valence-electron chi connectivity index (χ0n) is 5.16. The van der Waals surface area contributed by atoms with Crippen molar-refractivity contribution in [2.45, 2.75) is 13.3 Å². The van der Waals surface area contributed by atoms with Gasteiger partial charge in [-0.15, -0.1) is 21.5 Å². The van der Waals surface area contributed by atoms with Crippen molar-refractivity contribution < 1.29 is 5.11 Å². The van der Waals surface area contributed by atoms with Gasteiger partial charge in [-0.25, -0.2) is 0 Å². The molecule has 0 spiro atoms. The second-order valence-electron chi connectivity index (χ2n) is 1.69. The molecule has 0 aliphatic heterocycles. The summed E-state index contributed by atoms with van der Waals surface area (Å²) in [6.07, 6.45) is 0.630. The molecular formula is C5H8N2OS. The molecule has 3 nitrogen and oxygen atoms in total. The Hall–Kier alpha value is -0.480. The van der Waals surface area contributed by atoms with Gasteiger partial charge < -0.3 is 5.11 Å². The number of hydrogen-bond acceptors (Lipinski definition) is 4. The first kappa shape index (κ1) is 6.64. The molecule has 0 aliphatic rings. The summed E-state index contributed by atoms with van der Waals surface area (Å²) in [4.78, 5) is 0.